The molecule has 0 radical (unpaired) electrons. The van der Waals surface area contributed by atoms with Crippen LogP contribution in [0.3, 0.4) is 0 Å². The summed E-state index contributed by atoms with van der Waals surface area (Å²) < 4.78 is 16.2. The molecule has 18 heavy (non-hydrogen) atoms. The van der Waals surface area contributed by atoms with E-state index in [9.17, 15) is 5.11 Å². The Balaban J connectivity index is 2.02. The number of hydrogen-bond donors (Lipinski definition) is 1. The van der Waals surface area contributed by atoms with Gasteiger partial charge in [-0.1, -0.05) is 6.92 Å². The fraction of sp³-hybridized carbons (Fsp3) is 0.615. The summed E-state index contributed by atoms with van der Waals surface area (Å²) in [6, 6.07) is 1.80. The van der Waals surface area contributed by atoms with Gasteiger partial charge in [-0.2, -0.15) is 0 Å². The first-order valence-electron chi connectivity index (χ1n) is 6.26. The third-order valence-corrected chi connectivity index (χ3v) is 2.74. The van der Waals surface area contributed by atoms with Gasteiger partial charge in [0.2, 0.25) is 0 Å². The van der Waals surface area contributed by atoms with E-state index in [4.69, 9.17) is 14.2 Å². The maximum atomic E-state index is 10.2. The topological polar surface area (TPSA) is 60.8 Å². The minimum absolute atomic E-state index is 0.332. The van der Waals surface area contributed by atoms with Crippen LogP contribution in [0.25, 0.3) is 0 Å². The zero-order chi connectivity index (χ0) is 12.8. The Hall–Kier alpha value is -1.17. The van der Waals surface area contributed by atoms with Crippen LogP contribution < -0.4 is 4.74 Å². The lowest BCUT2D eigenvalue weighted by Gasteiger charge is -2.27. The van der Waals surface area contributed by atoms with E-state index in [0.29, 0.717) is 37.7 Å². The highest BCUT2D eigenvalue weighted by Crippen LogP contribution is 2.23. The van der Waals surface area contributed by atoms with Crippen LogP contribution in [0.2, 0.25) is 0 Å². The highest BCUT2D eigenvalue weighted by atomic mass is 16.6. The summed E-state index contributed by atoms with van der Waals surface area (Å²) in [4.78, 5) is 4.07. The van der Waals surface area contributed by atoms with Crippen LogP contribution in [0, 0.1) is 0 Å². The molecular formula is C13H19NO4. The Morgan fingerprint density at radius 2 is 2.39 bits per heavy atom. The smallest absolute Gasteiger partial charge is 0.137 e. The Morgan fingerprint density at radius 3 is 3.11 bits per heavy atom. The van der Waals surface area contributed by atoms with Crippen molar-refractivity contribution < 1.29 is 19.3 Å². The molecule has 0 aromatic carbocycles. The van der Waals surface area contributed by atoms with E-state index in [1.165, 1.54) is 0 Å². The Labute approximate surface area is 107 Å². The molecule has 1 aromatic rings. The number of rotatable bonds is 5. The van der Waals surface area contributed by atoms with Gasteiger partial charge in [-0.05, 0) is 12.5 Å². The fourth-order valence-electron chi connectivity index (χ4n) is 1.80. The summed E-state index contributed by atoms with van der Waals surface area (Å²) in [6.45, 7) is 4.19. The van der Waals surface area contributed by atoms with Crippen LogP contribution in [-0.4, -0.2) is 42.6 Å². The minimum atomic E-state index is -0.733. The summed E-state index contributed by atoms with van der Waals surface area (Å²) in [5.74, 6) is 0.671. The number of aliphatic hydroxyl groups is 1. The second-order valence-corrected chi connectivity index (χ2v) is 4.23. The van der Waals surface area contributed by atoms with E-state index < -0.39 is 6.10 Å². The molecular weight excluding hydrogens is 234 g/mol. The van der Waals surface area contributed by atoms with E-state index in [1.54, 1.807) is 18.5 Å². The summed E-state index contributed by atoms with van der Waals surface area (Å²) >= 11 is 0. The molecule has 0 saturated carbocycles. The van der Waals surface area contributed by atoms with E-state index in [-0.39, 0.29) is 6.10 Å². The number of aromatic nitrogens is 1. The lowest BCUT2D eigenvalue weighted by molar-refractivity contribution is -0.133. The summed E-state index contributed by atoms with van der Waals surface area (Å²) in [5, 5.41) is 10.2. The lowest BCUT2D eigenvalue weighted by Crippen LogP contribution is -2.33. The molecule has 1 N–H and O–H groups in total. The van der Waals surface area contributed by atoms with Crippen molar-refractivity contribution in [1.82, 2.24) is 4.98 Å². The van der Waals surface area contributed by atoms with E-state index in [1.807, 2.05) is 6.92 Å². The van der Waals surface area contributed by atoms with Gasteiger partial charge in [-0.25, -0.2) is 0 Å². The molecule has 2 unspecified atom stereocenters. The van der Waals surface area contributed by atoms with Crippen molar-refractivity contribution in [2.24, 2.45) is 0 Å². The normalized spacial score (nSPS) is 21.6. The predicted molar refractivity (Wildman–Crippen MR) is 65.5 cm³/mol. The van der Waals surface area contributed by atoms with Crippen molar-refractivity contribution in [3.8, 4) is 5.75 Å². The molecule has 1 fully saturated rings. The van der Waals surface area contributed by atoms with Crippen molar-refractivity contribution in [3.05, 3.63) is 24.0 Å². The Kier molecular flexibility index (Phi) is 4.92. The molecule has 100 valence electrons. The summed E-state index contributed by atoms with van der Waals surface area (Å²) in [6.07, 6.45) is 3.14. The van der Waals surface area contributed by atoms with Gasteiger partial charge in [0.1, 0.15) is 18.0 Å². The number of ether oxygens (including phenoxy) is 3. The first kappa shape index (κ1) is 13.3. The molecule has 0 aliphatic carbocycles. The van der Waals surface area contributed by atoms with Gasteiger partial charge >= 0.3 is 0 Å². The maximum absolute atomic E-state index is 10.2. The quantitative estimate of drug-likeness (QED) is 0.857. The Morgan fingerprint density at radius 1 is 1.50 bits per heavy atom. The molecule has 0 bridgehead atoms. The van der Waals surface area contributed by atoms with Crippen LogP contribution >= 0.6 is 0 Å². The van der Waals surface area contributed by atoms with E-state index >= 15 is 0 Å². The largest absolute Gasteiger partial charge is 0.492 e. The molecule has 2 atom stereocenters. The van der Waals surface area contributed by atoms with E-state index in [0.717, 1.165) is 6.42 Å². The fourth-order valence-corrected chi connectivity index (χ4v) is 1.80. The van der Waals surface area contributed by atoms with Gasteiger partial charge in [-0.15, -0.1) is 0 Å². The molecule has 0 spiro atoms. The van der Waals surface area contributed by atoms with Gasteiger partial charge < -0.3 is 19.3 Å². The SMILES string of the molecule is CCCOc1cncc(C(O)C2COCCO2)c1. The first-order chi connectivity index (χ1) is 8.81. The molecule has 1 aliphatic rings. The van der Waals surface area contributed by atoms with Crippen molar-refractivity contribution >= 4 is 0 Å². The standard InChI is InChI=1S/C13H19NO4/c1-2-3-17-11-6-10(7-14-8-11)13(15)12-9-16-4-5-18-12/h6-8,12-13,15H,2-5,9H2,1H3. The zero-order valence-electron chi connectivity index (χ0n) is 10.5. The summed E-state index contributed by atoms with van der Waals surface area (Å²) in [7, 11) is 0. The monoisotopic (exact) mass is 253 g/mol. The number of aliphatic hydroxyl groups excluding tert-OH is 1. The average molecular weight is 253 g/mol. The van der Waals surface area contributed by atoms with Crippen molar-refractivity contribution in [3.63, 3.8) is 0 Å². The zero-order valence-corrected chi connectivity index (χ0v) is 10.5. The molecule has 5 nitrogen and oxygen atoms in total. The van der Waals surface area contributed by atoms with Crippen LogP contribution in [0.4, 0.5) is 0 Å². The highest BCUT2D eigenvalue weighted by molar-refractivity contribution is 5.25. The lowest BCUT2D eigenvalue weighted by atomic mass is 10.1. The summed E-state index contributed by atoms with van der Waals surface area (Å²) in [5.41, 5.74) is 0.694. The number of pyridine rings is 1. The van der Waals surface area contributed by atoms with Crippen LogP contribution in [-0.2, 0) is 9.47 Å². The number of nitrogens with zero attached hydrogens (tertiary/aromatic N) is 1. The molecule has 1 saturated heterocycles. The van der Waals surface area contributed by atoms with Gasteiger partial charge in [0, 0.05) is 11.8 Å². The van der Waals surface area contributed by atoms with Crippen LogP contribution in [0.1, 0.15) is 25.0 Å². The average Bonchev–Trinajstić information content (AvgIpc) is 2.45. The van der Waals surface area contributed by atoms with Crippen LogP contribution in [0.15, 0.2) is 18.5 Å². The third kappa shape index (κ3) is 3.41. The van der Waals surface area contributed by atoms with Crippen molar-refractivity contribution in [2.75, 3.05) is 26.4 Å². The first-order valence-corrected chi connectivity index (χ1v) is 6.26. The molecule has 1 aromatic heterocycles. The van der Waals surface area contributed by atoms with Crippen molar-refractivity contribution in [2.45, 2.75) is 25.6 Å². The molecule has 1 aliphatic heterocycles. The van der Waals surface area contributed by atoms with Gasteiger partial charge in [0.15, 0.2) is 0 Å². The maximum Gasteiger partial charge on any atom is 0.137 e. The van der Waals surface area contributed by atoms with Gasteiger partial charge in [-0.3, -0.25) is 4.98 Å². The minimum Gasteiger partial charge on any atom is -0.492 e. The second-order valence-electron chi connectivity index (χ2n) is 4.23. The molecule has 2 rings (SSSR count). The Bertz CT molecular complexity index is 366. The van der Waals surface area contributed by atoms with Crippen LogP contribution in [0.5, 0.6) is 5.75 Å². The predicted octanol–water partition coefficient (Wildman–Crippen LogP) is 1.32. The van der Waals surface area contributed by atoms with Gasteiger partial charge in [0.05, 0.1) is 32.6 Å². The van der Waals surface area contributed by atoms with Crippen molar-refractivity contribution in [1.29, 1.82) is 0 Å². The number of hydrogen-bond acceptors (Lipinski definition) is 5. The van der Waals surface area contributed by atoms with E-state index in [2.05, 4.69) is 4.98 Å². The molecule has 5 heteroatoms. The second kappa shape index (κ2) is 6.68. The van der Waals surface area contributed by atoms with Gasteiger partial charge in [0.25, 0.3) is 0 Å². The molecule has 2 heterocycles. The molecule has 0 amide bonds. The third-order valence-electron chi connectivity index (χ3n) is 2.74. The highest BCUT2D eigenvalue weighted by Gasteiger charge is 2.25.